The monoisotopic (exact) mass is 413 g/mol. The largest absolute Gasteiger partial charge is 1.00 e. The van der Waals surface area contributed by atoms with Gasteiger partial charge in [0.1, 0.15) is 5.41 Å². The molecule has 2 aliphatic rings. The Kier molecular flexibility index (Phi) is 7.33. The van der Waals surface area contributed by atoms with E-state index in [0.717, 1.165) is 63.5 Å². The van der Waals surface area contributed by atoms with E-state index in [1.54, 1.807) is 0 Å². The SMILES string of the molecule is CCN1CC(CCN2CCOCC2)C(c2ccccc2)(c2ccccc2)C1=O.[Cl-]. The van der Waals surface area contributed by atoms with Crippen molar-refractivity contribution in [2.24, 2.45) is 5.92 Å². The highest BCUT2D eigenvalue weighted by Crippen LogP contribution is 2.47. The van der Waals surface area contributed by atoms with Gasteiger partial charge in [-0.15, -0.1) is 0 Å². The Hall–Kier alpha value is -1.88. The summed E-state index contributed by atoms with van der Waals surface area (Å²) in [5.74, 6) is 0.506. The van der Waals surface area contributed by atoms with Crippen molar-refractivity contribution in [1.82, 2.24) is 9.80 Å². The van der Waals surface area contributed by atoms with Crippen LogP contribution in [-0.2, 0) is 14.9 Å². The van der Waals surface area contributed by atoms with Crippen molar-refractivity contribution in [2.75, 3.05) is 45.9 Å². The molecular formula is C24H30ClN2O2-. The number of rotatable bonds is 6. The summed E-state index contributed by atoms with van der Waals surface area (Å²) in [4.78, 5) is 18.3. The van der Waals surface area contributed by atoms with Crippen LogP contribution in [0.2, 0.25) is 0 Å². The summed E-state index contributed by atoms with van der Waals surface area (Å²) in [7, 11) is 0. The molecule has 0 aromatic heterocycles. The third-order valence-corrected chi connectivity index (χ3v) is 6.42. The van der Waals surface area contributed by atoms with E-state index in [-0.39, 0.29) is 24.2 Å². The van der Waals surface area contributed by atoms with E-state index in [0.29, 0.717) is 0 Å². The first kappa shape index (κ1) is 21.8. The third kappa shape index (κ3) is 4.07. The number of carbonyl (C=O) groups is 1. The fraction of sp³-hybridized carbons (Fsp3) is 0.458. The average Bonchev–Trinajstić information content (AvgIpc) is 3.06. The lowest BCUT2D eigenvalue weighted by Crippen LogP contribution is -3.00. The number of morpholine rings is 1. The van der Waals surface area contributed by atoms with E-state index in [2.05, 4.69) is 60.4 Å². The van der Waals surface area contributed by atoms with Crippen LogP contribution in [0.25, 0.3) is 0 Å². The molecule has 0 spiro atoms. The molecule has 1 amide bonds. The highest BCUT2D eigenvalue weighted by Gasteiger charge is 2.55. The van der Waals surface area contributed by atoms with Crippen LogP contribution in [0.3, 0.4) is 0 Å². The lowest BCUT2D eigenvalue weighted by atomic mass is 9.66. The molecule has 0 aliphatic carbocycles. The van der Waals surface area contributed by atoms with Gasteiger partial charge >= 0.3 is 0 Å². The lowest BCUT2D eigenvalue weighted by Gasteiger charge is -2.36. The van der Waals surface area contributed by atoms with Gasteiger partial charge in [0.25, 0.3) is 0 Å². The molecule has 0 radical (unpaired) electrons. The van der Waals surface area contributed by atoms with Crippen molar-refractivity contribution in [3.63, 3.8) is 0 Å². The molecule has 156 valence electrons. The Morgan fingerprint density at radius 1 is 0.966 bits per heavy atom. The van der Waals surface area contributed by atoms with Crippen LogP contribution >= 0.6 is 0 Å². The molecule has 0 bridgehead atoms. The topological polar surface area (TPSA) is 32.8 Å². The molecule has 0 N–H and O–H groups in total. The predicted octanol–water partition coefficient (Wildman–Crippen LogP) is 0.177. The van der Waals surface area contributed by atoms with Gasteiger partial charge in [0.15, 0.2) is 0 Å². The van der Waals surface area contributed by atoms with Gasteiger partial charge in [-0.2, -0.15) is 0 Å². The first-order valence-electron chi connectivity index (χ1n) is 10.5. The zero-order chi connectivity index (χ0) is 19.4. The van der Waals surface area contributed by atoms with Gasteiger partial charge in [-0.25, -0.2) is 0 Å². The summed E-state index contributed by atoms with van der Waals surface area (Å²) in [6.45, 7) is 8.28. The van der Waals surface area contributed by atoms with Crippen molar-refractivity contribution < 1.29 is 21.9 Å². The molecule has 2 aromatic carbocycles. The Morgan fingerprint density at radius 3 is 2.03 bits per heavy atom. The molecule has 4 rings (SSSR count). The molecule has 2 heterocycles. The van der Waals surface area contributed by atoms with Gasteiger partial charge in [-0.1, -0.05) is 60.7 Å². The molecule has 29 heavy (non-hydrogen) atoms. The van der Waals surface area contributed by atoms with Crippen LogP contribution in [0.1, 0.15) is 24.5 Å². The molecule has 2 aromatic rings. The minimum absolute atomic E-state index is 0. The van der Waals surface area contributed by atoms with E-state index in [4.69, 9.17) is 4.74 Å². The zero-order valence-electron chi connectivity index (χ0n) is 17.1. The number of nitrogens with zero attached hydrogens (tertiary/aromatic N) is 2. The first-order chi connectivity index (χ1) is 13.8. The van der Waals surface area contributed by atoms with Crippen molar-refractivity contribution >= 4 is 5.91 Å². The van der Waals surface area contributed by atoms with Crippen molar-refractivity contribution in [3.8, 4) is 0 Å². The number of benzene rings is 2. The normalized spacial score (nSPS) is 21.8. The lowest BCUT2D eigenvalue weighted by molar-refractivity contribution is -0.131. The number of ether oxygens (including phenoxy) is 1. The maximum Gasteiger partial charge on any atom is 0.238 e. The summed E-state index contributed by atoms with van der Waals surface area (Å²) in [5, 5.41) is 0. The Bertz CT molecular complexity index is 738. The van der Waals surface area contributed by atoms with Crippen molar-refractivity contribution in [3.05, 3.63) is 71.8 Å². The number of halogens is 1. The maximum absolute atomic E-state index is 13.8. The summed E-state index contributed by atoms with van der Waals surface area (Å²) in [5.41, 5.74) is 1.65. The number of likely N-dealkylation sites (tertiary alicyclic amines) is 1. The summed E-state index contributed by atoms with van der Waals surface area (Å²) < 4.78 is 5.50. The molecule has 1 unspecified atom stereocenters. The van der Waals surface area contributed by atoms with E-state index < -0.39 is 5.41 Å². The van der Waals surface area contributed by atoms with Crippen LogP contribution in [-0.4, -0.2) is 61.6 Å². The minimum atomic E-state index is -0.592. The Labute approximate surface area is 180 Å². The first-order valence-corrected chi connectivity index (χ1v) is 10.5. The highest BCUT2D eigenvalue weighted by atomic mass is 35.5. The van der Waals surface area contributed by atoms with E-state index in [1.807, 2.05) is 17.0 Å². The second kappa shape index (κ2) is 9.75. The predicted molar refractivity (Wildman–Crippen MR) is 111 cm³/mol. The third-order valence-electron chi connectivity index (χ3n) is 6.42. The molecule has 2 aliphatic heterocycles. The Morgan fingerprint density at radius 2 is 1.52 bits per heavy atom. The quantitative estimate of drug-likeness (QED) is 0.677. The van der Waals surface area contributed by atoms with Gasteiger partial charge in [0.2, 0.25) is 5.91 Å². The van der Waals surface area contributed by atoms with E-state index in [9.17, 15) is 4.79 Å². The highest BCUT2D eigenvalue weighted by molar-refractivity contribution is 5.94. The van der Waals surface area contributed by atoms with Gasteiger partial charge < -0.3 is 22.0 Å². The average molecular weight is 414 g/mol. The number of carbonyl (C=O) groups excluding carboxylic acids is 1. The zero-order valence-corrected chi connectivity index (χ0v) is 17.9. The van der Waals surface area contributed by atoms with Crippen LogP contribution in [0.15, 0.2) is 60.7 Å². The molecule has 4 nitrogen and oxygen atoms in total. The number of hydrogen-bond donors (Lipinski definition) is 0. The molecule has 2 saturated heterocycles. The second-order valence-electron chi connectivity index (χ2n) is 7.82. The fourth-order valence-electron chi connectivity index (χ4n) is 4.94. The van der Waals surface area contributed by atoms with Crippen LogP contribution in [0, 0.1) is 5.92 Å². The number of likely N-dealkylation sites (N-methyl/N-ethyl adjacent to an activating group) is 1. The van der Waals surface area contributed by atoms with Crippen molar-refractivity contribution in [2.45, 2.75) is 18.8 Å². The number of amides is 1. The maximum atomic E-state index is 13.8. The van der Waals surface area contributed by atoms with E-state index >= 15 is 0 Å². The minimum Gasteiger partial charge on any atom is -1.00 e. The standard InChI is InChI=1S/C24H30N2O2.ClH/c1-2-26-19-22(13-14-25-15-17-28-18-16-25)24(23(26)27,20-9-5-3-6-10-20)21-11-7-4-8-12-21;/h3-12,22H,2,13-19H2,1H3;1H/p-1. The summed E-state index contributed by atoms with van der Waals surface area (Å²) >= 11 is 0. The summed E-state index contributed by atoms with van der Waals surface area (Å²) in [6.07, 6.45) is 1.01. The summed E-state index contributed by atoms with van der Waals surface area (Å²) in [6, 6.07) is 20.8. The molecule has 5 heteroatoms. The van der Waals surface area contributed by atoms with Crippen LogP contribution in [0.5, 0.6) is 0 Å². The molecule has 2 fully saturated rings. The van der Waals surface area contributed by atoms with E-state index in [1.165, 1.54) is 0 Å². The molecular weight excluding hydrogens is 384 g/mol. The van der Waals surface area contributed by atoms with Gasteiger partial charge in [0, 0.05) is 32.1 Å². The van der Waals surface area contributed by atoms with Gasteiger partial charge in [-0.3, -0.25) is 9.69 Å². The van der Waals surface area contributed by atoms with Crippen LogP contribution in [0.4, 0.5) is 0 Å². The van der Waals surface area contributed by atoms with Gasteiger partial charge in [0.05, 0.1) is 13.2 Å². The van der Waals surface area contributed by atoms with Crippen molar-refractivity contribution in [1.29, 1.82) is 0 Å². The molecule has 1 atom stereocenters. The second-order valence-corrected chi connectivity index (χ2v) is 7.82. The number of hydrogen-bond acceptors (Lipinski definition) is 3. The van der Waals surface area contributed by atoms with Crippen LogP contribution < -0.4 is 12.4 Å². The fourth-order valence-corrected chi connectivity index (χ4v) is 4.94. The molecule has 0 saturated carbocycles. The Balaban J connectivity index is 0.00000240. The van der Waals surface area contributed by atoms with Gasteiger partial charge in [-0.05, 0) is 31.0 Å². The smallest absolute Gasteiger partial charge is 0.238 e.